The minimum Gasteiger partial charge on any atom is -0.370 e. The molecule has 3 nitrogen and oxygen atoms in total. The summed E-state index contributed by atoms with van der Waals surface area (Å²) < 4.78 is 19.5. The molecular formula is C30H38O3. The monoisotopic (exact) mass is 446 g/mol. The van der Waals surface area contributed by atoms with Crippen LogP contribution in [-0.4, -0.2) is 36.6 Å². The lowest BCUT2D eigenvalue weighted by atomic mass is 9.75. The standard InChI is InChI=1S/C30H38O3/c1-7-23-13-9-11-15-25(23)17-29(21(3)4,27-19-31-27)33-30(22(5)6,28-20-32-28)18-26-16-12-10-14-24(26)8-2/h7-16,21-22,27-28H,1-2,17-20H2,3-6H3. The van der Waals surface area contributed by atoms with E-state index in [1.165, 1.54) is 11.1 Å². The highest BCUT2D eigenvalue weighted by Crippen LogP contribution is 2.48. The Bertz CT molecular complexity index is 898. The summed E-state index contributed by atoms with van der Waals surface area (Å²) in [5.74, 6) is 0.517. The van der Waals surface area contributed by atoms with Crippen LogP contribution in [0.1, 0.15) is 49.9 Å². The van der Waals surface area contributed by atoms with E-state index in [0.29, 0.717) is 0 Å². The molecule has 2 aromatic carbocycles. The van der Waals surface area contributed by atoms with Crippen molar-refractivity contribution in [2.45, 2.75) is 63.9 Å². The lowest BCUT2D eigenvalue weighted by Gasteiger charge is -2.48. The third kappa shape index (κ3) is 4.73. The van der Waals surface area contributed by atoms with Crippen molar-refractivity contribution in [1.82, 2.24) is 0 Å². The second-order valence-corrected chi connectivity index (χ2v) is 10.1. The van der Waals surface area contributed by atoms with Gasteiger partial charge in [-0.25, -0.2) is 0 Å². The summed E-state index contributed by atoms with van der Waals surface area (Å²) >= 11 is 0. The lowest BCUT2D eigenvalue weighted by molar-refractivity contribution is -0.213. The van der Waals surface area contributed by atoms with Gasteiger partial charge in [-0.05, 0) is 34.1 Å². The average Bonchev–Trinajstić information content (AvgIpc) is 3.71. The first kappa shape index (κ1) is 23.9. The molecule has 0 aliphatic carbocycles. The van der Waals surface area contributed by atoms with Crippen molar-refractivity contribution >= 4 is 12.2 Å². The maximum absolute atomic E-state index is 7.48. The predicted octanol–water partition coefficient (Wildman–Crippen LogP) is 6.36. The van der Waals surface area contributed by atoms with E-state index in [-0.39, 0.29) is 24.0 Å². The van der Waals surface area contributed by atoms with Crippen LogP contribution in [0, 0.1) is 11.8 Å². The van der Waals surface area contributed by atoms with Crippen molar-refractivity contribution in [3.8, 4) is 0 Å². The molecule has 0 bridgehead atoms. The first-order valence-electron chi connectivity index (χ1n) is 12.2. The Morgan fingerprint density at radius 3 is 1.45 bits per heavy atom. The van der Waals surface area contributed by atoms with Gasteiger partial charge in [-0.2, -0.15) is 0 Å². The number of epoxide rings is 2. The summed E-state index contributed by atoms with van der Waals surface area (Å²) in [6.07, 6.45) is 5.58. The molecule has 0 amide bonds. The largest absolute Gasteiger partial charge is 0.370 e. The van der Waals surface area contributed by atoms with E-state index in [4.69, 9.17) is 14.2 Å². The van der Waals surface area contributed by atoms with Gasteiger partial charge in [0, 0.05) is 12.8 Å². The lowest BCUT2D eigenvalue weighted by Crippen LogP contribution is -2.58. The van der Waals surface area contributed by atoms with Crippen molar-refractivity contribution in [1.29, 1.82) is 0 Å². The summed E-state index contributed by atoms with van der Waals surface area (Å²) in [5.41, 5.74) is 3.88. The van der Waals surface area contributed by atoms with E-state index < -0.39 is 11.2 Å². The van der Waals surface area contributed by atoms with Gasteiger partial charge in [0.1, 0.15) is 23.4 Å². The smallest absolute Gasteiger partial charge is 0.110 e. The number of benzene rings is 2. The summed E-state index contributed by atoms with van der Waals surface area (Å²) in [7, 11) is 0. The Balaban J connectivity index is 1.78. The molecule has 0 radical (unpaired) electrons. The summed E-state index contributed by atoms with van der Waals surface area (Å²) in [4.78, 5) is 0. The Hall–Kier alpha value is -2.20. The zero-order valence-corrected chi connectivity index (χ0v) is 20.6. The van der Waals surface area contributed by atoms with E-state index in [9.17, 15) is 0 Å². The zero-order valence-electron chi connectivity index (χ0n) is 20.6. The molecular weight excluding hydrogens is 408 g/mol. The van der Waals surface area contributed by atoms with Crippen molar-refractivity contribution in [3.05, 3.63) is 83.9 Å². The van der Waals surface area contributed by atoms with Gasteiger partial charge < -0.3 is 14.2 Å². The van der Waals surface area contributed by atoms with E-state index in [0.717, 1.165) is 37.2 Å². The molecule has 0 N–H and O–H groups in total. The van der Waals surface area contributed by atoms with Crippen LogP contribution in [-0.2, 0) is 27.1 Å². The number of ether oxygens (including phenoxy) is 3. The quantitative estimate of drug-likeness (QED) is 0.356. The van der Waals surface area contributed by atoms with Crippen LogP contribution in [0.2, 0.25) is 0 Å². The molecule has 2 heterocycles. The van der Waals surface area contributed by atoms with Gasteiger partial charge in [-0.3, -0.25) is 0 Å². The Morgan fingerprint density at radius 1 is 0.788 bits per heavy atom. The van der Waals surface area contributed by atoms with Crippen LogP contribution in [0.25, 0.3) is 12.2 Å². The topological polar surface area (TPSA) is 34.3 Å². The van der Waals surface area contributed by atoms with Crippen LogP contribution in [0.15, 0.2) is 61.7 Å². The summed E-state index contributed by atoms with van der Waals surface area (Å²) in [6, 6.07) is 17.0. The molecule has 4 rings (SSSR count). The van der Waals surface area contributed by atoms with Crippen molar-refractivity contribution in [2.75, 3.05) is 13.2 Å². The van der Waals surface area contributed by atoms with Gasteiger partial charge in [0.15, 0.2) is 0 Å². The van der Waals surface area contributed by atoms with E-state index >= 15 is 0 Å². The van der Waals surface area contributed by atoms with Gasteiger partial charge in [0.25, 0.3) is 0 Å². The fourth-order valence-electron chi connectivity index (χ4n) is 5.22. The molecule has 0 saturated carbocycles. The van der Waals surface area contributed by atoms with Crippen LogP contribution < -0.4 is 0 Å². The minimum absolute atomic E-state index is 0.0712. The maximum Gasteiger partial charge on any atom is 0.110 e. The number of rotatable bonds is 12. The number of hydrogen-bond acceptors (Lipinski definition) is 3. The van der Waals surface area contributed by atoms with Gasteiger partial charge >= 0.3 is 0 Å². The van der Waals surface area contributed by atoms with Gasteiger partial charge in [0.2, 0.25) is 0 Å². The van der Waals surface area contributed by atoms with Crippen molar-refractivity contribution in [3.63, 3.8) is 0 Å². The second kappa shape index (κ2) is 9.58. The van der Waals surface area contributed by atoms with Gasteiger partial charge in [-0.15, -0.1) is 0 Å². The third-order valence-electron chi connectivity index (χ3n) is 7.57. The van der Waals surface area contributed by atoms with E-state index in [2.05, 4.69) is 89.4 Å². The van der Waals surface area contributed by atoms with Crippen LogP contribution >= 0.6 is 0 Å². The number of hydrogen-bond donors (Lipinski definition) is 0. The Labute approximate surface area is 199 Å². The molecule has 176 valence electrons. The first-order valence-corrected chi connectivity index (χ1v) is 12.2. The third-order valence-corrected chi connectivity index (χ3v) is 7.57. The fraction of sp³-hybridized carbons (Fsp3) is 0.467. The predicted molar refractivity (Wildman–Crippen MR) is 136 cm³/mol. The van der Waals surface area contributed by atoms with Crippen molar-refractivity contribution < 1.29 is 14.2 Å². The van der Waals surface area contributed by atoms with Crippen LogP contribution in [0.3, 0.4) is 0 Å². The summed E-state index contributed by atoms with van der Waals surface area (Å²) in [5, 5.41) is 0. The highest BCUT2D eigenvalue weighted by Gasteiger charge is 2.59. The molecule has 2 fully saturated rings. The molecule has 2 aliphatic rings. The molecule has 0 spiro atoms. The summed E-state index contributed by atoms with van der Waals surface area (Å²) in [6.45, 7) is 18.6. The van der Waals surface area contributed by atoms with E-state index in [1.807, 2.05) is 12.2 Å². The molecule has 4 unspecified atom stereocenters. The van der Waals surface area contributed by atoms with E-state index in [1.54, 1.807) is 0 Å². The molecule has 2 aliphatic heterocycles. The van der Waals surface area contributed by atoms with Gasteiger partial charge in [0.05, 0.1) is 13.2 Å². The molecule has 4 atom stereocenters. The highest BCUT2D eigenvalue weighted by atomic mass is 16.6. The molecule has 33 heavy (non-hydrogen) atoms. The normalized spacial score (nSPS) is 23.1. The molecule has 2 aromatic rings. The van der Waals surface area contributed by atoms with Gasteiger partial charge in [-0.1, -0.05) is 102 Å². The SMILES string of the molecule is C=Cc1ccccc1CC(OC(Cc1ccccc1C=C)(C(C)C)C1CO1)(C(C)C)C1CO1. The minimum atomic E-state index is -0.460. The fourth-order valence-corrected chi connectivity index (χ4v) is 5.22. The van der Waals surface area contributed by atoms with Crippen LogP contribution in [0.4, 0.5) is 0 Å². The Morgan fingerprint density at radius 2 is 1.15 bits per heavy atom. The molecule has 2 saturated heterocycles. The molecule has 3 heteroatoms. The molecule has 0 aromatic heterocycles. The van der Waals surface area contributed by atoms with Crippen LogP contribution in [0.5, 0.6) is 0 Å². The van der Waals surface area contributed by atoms with Crippen molar-refractivity contribution in [2.24, 2.45) is 11.8 Å². The maximum atomic E-state index is 7.48. The Kier molecular flexibility index (Phi) is 6.95. The second-order valence-electron chi connectivity index (χ2n) is 10.1. The average molecular weight is 447 g/mol. The first-order chi connectivity index (χ1) is 15.9. The highest BCUT2D eigenvalue weighted by molar-refractivity contribution is 5.53. The zero-order chi connectivity index (χ0) is 23.6.